The number of hydrogen-bond acceptors (Lipinski definition) is 2. The van der Waals surface area contributed by atoms with Crippen LogP contribution in [0.5, 0.6) is 5.75 Å². The lowest BCUT2D eigenvalue weighted by Gasteiger charge is -2.11. The third kappa shape index (κ3) is 2.23. The summed E-state index contributed by atoms with van der Waals surface area (Å²) in [6.07, 6.45) is 0. The summed E-state index contributed by atoms with van der Waals surface area (Å²) in [7, 11) is 0. The molecule has 0 aliphatic carbocycles. The normalized spacial score (nSPS) is 12.9. The van der Waals surface area contributed by atoms with Crippen molar-refractivity contribution in [2.75, 3.05) is 6.61 Å². The van der Waals surface area contributed by atoms with Crippen molar-refractivity contribution < 1.29 is 10.2 Å². The molecule has 13 heavy (non-hydrogen) atoms. The molecule has 0 aliphatic rings. The lowest BCUT2D eigenvalue weighted by atomic mass is 10.00. The monoisotopic (exact) mass is 244 g/mol. The van der Waals surface area contributed by atoms with Crippen LogP contribution in [0.25, 0.3) is 0 Å². The highest BCUT2D eigenvalue weighted by atomic mass is 79.9. The Bertz CT molecular complexity index is 287. The summed E-state index contributed by atoms with van der Waals surface area (Å²) in [4.78, 5) is 0. The summed E-state index contributed by atoms with van der Waals surface area (Å²) >= 11 is 3.26. The highest BCUT2D eigenvalue weighted by Crippen LogP contribution is 2.31. The molecule has 0 aliphatic heterocycles. The molecule has 1 atom stereocenters. The number of aryl methyl sites for hydroxylation is 1. The number of phenols is 1. The number of aromatic hydroxyl groups is 1. The fraction of sp³-hybridized carbons (Fsp3) is 0.400. The van der Waals surface area contributed by atoms with E-state index in [-0.39, 0.29) is 18.3 Å². The van der Waals surface area contributed by atoms with Gasteiger partial charge >= 0.3 is 0 Å². The smallest absolute Gasteiger partial charge is 0.132 e. The van der Waals surface area contributed by atoms with Crippen LogP contribution in [-0.4, -0.2) is 16.8 Å². The Kier molecular flexibility index (Phi) is 3.33. The van der Waals surface area contributed by atoms with Gasteiger partial charge in [-0.3, -0.25) is 0 Å². The molecule has 3 heteroatoms. The molecule has 0 heterocycles. The van der Waals surface area contributed by atoms with E-state index in [0.29, 0.717) is 4.47 Å². The van der Waals surface area contributed by atoms with E-state index in [9.17, 15) is 5.11 Å². The van der Waals surface area contributed by atoms with Crippen LogP contribution in [0, 0.1) is 6.92 Å². The molecule has 0 fully saturated rings. The molecule has 0 saturated heterocycles. The van der Waals surface area contributed by atoms with Crippen molar-refractivity contribution in [1.29, 1.82) is 0 Å². The van der Waals surface area contributed by atoms with Gasteiger partial charge in [-0.05, 0) is 40.0 Å². The van der Waals surface area contributed by atoms with Crippen LogP contribution in [0.1, 0.15) is 24.0 Å². The van der Waals surface area contributed by atoms with E-state index < -0.39 is 0 Å². The number of hydrogen-bond donors (Lipinski definition) is 2. The molecule has 72 valence electrons. The maximum absolute atomic E-state index is 9.48. The van der Waals surface area contributed by atoms with Crippen molar-refractivity contribution >= 4 is 15.9 Å². The van der Waals surface area contributed by atoms with Crippen molar-refractivity contribution in [3.05, 3.63) is 27.7 Å². The lowest BCUT2D eigenvalue weighted by Crippen LogP contribution is -1.99. The molecule has 1 unspecified atom stereocenters. The molecule has 0 aromatic heterocycles. The van der Waals surface area contributed by atoms with E-state index in [1.165, 1.54) is 0 Å². The van der Waals surface area contributed by atoms with Crippen LogP contribution in [0.2, 0.25) is 0 Å². The first kappa shape index (κ1) is 10.5. The fourth-order valence-corrected chi connectivity index (χ4v) is 1.73. The second-order valence-electron chi connectivity index (χ2n) is 3.25. The van der Waals surface area contributed by atoms with E-state index in [2.05, 4.69) is 15.9 Å². The van der Waals surface area contributed by atoms with Gasteiger partial charge in [0.25, 0.3) is 0 Å². The highest BCUT2D eigenvalue weighted by molar-refractivity contribution is 9.10. The molecule has 0 spiro atoms. The number of aliphatic hydroxyl groups excluding tert-OH is 1. The van der Waals surface area contributed by atoms with Crippen LogP contribution in [0.4, 0.5) is 0 Å². The number of benzene rings is 1. The molecule has 1 rings (SSSR count). The molecule has 1 aromatic carbocycles. The summed E-state index contributed by atoms with van der Waals surface area (Å²) in [5, 5.41) is 18.4. The van der Waals surface area contributed by atoms with Crippen LogP contribution in [0.3, 0.4) is 0 Å². The minimum atomic E-state index is 0.107. The Morgan fingerprint density at radius 1 is 1.46 bits per heavy atom. The van der Waals surface area contributed by atoms with Crippen LogP contribution in [-0.2, 0) is 0 Å². The molecule has 1 aromatic rings. The van der Waals surface area contributed by atoms with Crippen molar-refractivity contribution in [3.63, 3.8) is 0 Å². The topological polar surface area (TPSA) is 40.5 Å². The lowest BCUT2D eigenvalue weighted by molar-refractivity contribution is 0.273. The van der Waals surface area contributed by atoms with Gasteiger partial charge in [0, 0.05) is 12.5 Å². The second-order valence-corrected chi connectivity index (χ2v) is 4.11. The minimum absolute atomic E-state index is 0.107. The Labute approximate surface area is 86.3 Å². The first-order valence-electron chi connectivity index (χ1n) is 4.16. The summed E-state index contributed by atoms with van der Waals surface area (Å²) in [6.45, 7) is 3.91. The fourth-order valence-electron chi connectivity index (χ4n) is 1.15. The van der Waals surface area contributed by atoms with Crippen LogP contribution < -0.4 is 0 Å². The van der Waals surface area contributed by atoms with Gasteiger partial charge in [0.1, 0.15) is 5.75 Å². The third-order valence-electron chi connectivity index (χ3n) is 2.12. The third-order valence-corrected chi connectivity index (χ3v) is 2.72. The zero-order valence-corrected chi connectivity index (χ0v) is 9.30. The Balaban J connectivity index is 3.13. The number of halogens is 1. The van der Waals surface area contributed by atoms with Gasteiger partial charge in [-0.15, -0.1) is 0 Å². The van der Waals surface area contributed by atoms with E-state index in [1.54, 1.807) is 0 Å². The minimum Gasteiger partial charge on any atom is -0.506 e. The standard InChI is InChI=1S/C10H13BrO2/c1-6-3-8(7(2)5-12)4-9(11)10(6)13/h3-4,7,12-13H,5H2,1-2H3. The Morgan fingerprint density at radius 2 is 2.08 bits per heavy atom. The van der Waals surface area contributed by atoms with Gasteiger partial charge in [0.05, 0.1) is 4.47 Å². The maximum atomic E-state index is 9.48. The van der Waals surface area contributed by atoms with Gasteiger partial charge in [0.2, 0.25) is 0 Å². The SMILES string of the molecule is Cc1cc(C(C)CO)cc(Br)c1O. The zero-order valence-electron chi connectivity index (χ0n) is 7.71. The molecule has 0 bridgehead atoms. The van der Waals surface area contributed by atoms with Gasteiger partial charge in [-0.25, -0.2) is 0 Å². The van der Waals surface area contributed by atoms with Gasteiger partial charge in [-0.2, -0.15) is 0 Å². The van der Waals surface area contributed by atoms with Crippen molar-refractivity contribution in [2.45, 2.75) is 19.8 Å². The summed E-state index contributed by atoms with van der Waals surface area (Å²) in [5.41, 5.74) is 1.86. The molecule has 0 saturated carbocycles. The molecule has 0 amide bonds. The summed E-state index contributed by atoms with van der Waals surface area (Å²) in [5.74, 6) is 0.379. The largest absolute Gasteiger partial charge is 0.506 e. The molecular formula is C10H13BrO2. The molecule has 2 nitrogen and oxygen atoms in total. The van der Waals surface area contributed by atoms with E-state index in [4.69, 9.17) is 5.11 Å². The summed E-state index contributed by atoms with van der Waals surface area (Å²) in [6, 6.07) is 3.73. The highest BCUT2D eigenvalue weighted by Gasteiger charge is 2.09. The predicted molar refractivity (Wildman–Crippen MR) is 56.0 cm³/mol. The van der Waals surface area contributed by atoms with Gasteiger partial charge in [-0.1, -0.05) is 13.0 Å². The number of aliphatic hydroxyl groups is 1. The quantitative estimate of drug-likeness (QED) is 0.840. The summed E-state index contributed by atoms with van der Waals surface area (Å²) < 4.78 is 0.683. The average molecular weight is 245 g/mol. The first-order chi connectivity index (χ1) is 6.06. The van der Waals surface area contributed by atoms with Crippen molar-refractivity contribution in [1.82, 2.24) is 0 Å². The van der Waals surface area contributed by atoms with Crippen LogP contribution in [0.15, 0.2) is 16.6 Å². The Morgan fingerprint density at radius 3 is 2.54 bits per heavy atom. The number of phenolic OH excluding ortho intramolecular Hbond substituents is 1. The van der Waals surface area contributed by atoms with E-state index in [1.807, 2.05) is 26.0 Å². The molecule has 2 N–H and O–H groups in total. The van der Waals surface area contributed by atoms with E-state index in [0.717, 1.165) is 11.1 Å². The van der Waals surface area contributed by atoms with E-state index >= 15 is 0 Å². The van der Waals surface area contributed by atoms with Crippen molar-refractivity contribution in [2.24, 2.45) is 0 Å². The van der Waals surface area contributed by atoms with Gasteiger partial charge in [0.15, 0.2) is 0 Å². The van der Waals surface area contributed by atoms with Crippen molar-refractivity contribution in [3.8, 4) is 5.75 Å². The predicted octanol–water partition coefficient (Wildman–Crippen LogP) is 2.56. The first-order valence-corrected chi connectivity index (χ1v) is 4.95. The average Bonchev–Trinajstić information content (AvgIpc) is 2.12. The number of rotatable bonds is 2. The molecule has 0 radical (unpaired) electrons. The van der Waals surface area contributed by atoms with Gasteiger partial charge < -0.3 is 10.2 Å². The Hall–Kier alpha value is -0.540. The van der Waals surface area contributed by atoms with Crippen LogP contribution >= 0.6 is 15.9 Å². The maximum Gasteiger partial charge on any atom is 0.132 e. The molecular weight excluding hydrogens is 232 g/mol. The second kappa shape index (κ2) is 4.11. The zero-order chi connectivity index (χ0) is 10.0.